The molecule has 1 aliphatic rings. The Bertz CT molecular complexity index is 352. The lowest BCUT2D eigenvalue weighted by atomic mass is 9.93. The van der Waals surface area contributed by atoms with Crippen molar-refractivity contribution in [1.29, 1.82) is 0 Å². The molecule has 0 aromatic heterocycles. The van der Waals surface area contributed by atoms with E-state index in [2.05, 4.69) is 15.9 Å². The maximum Gasteiger partial charge on any atom is 0.137 e. The van der Waals surface area contributed by atoms with Gasteiger partial charge in [-0.1, -0.05) is 6.07 Å². The van der Waals surface area contributed by atoms with Gasteiger partial charge in [-0.25, -0.2) is 4.39 Å². The second-order valence-electron chi connectivity index (χ2n) is 3.82. The van der Waals surface area contributed by atoms with E-state index in [4.69, 9.17) is 10.5 Å². The summed E-state index contributed by atoms with van der Waals surface area (Å²) in [4.78, 5) is 0. The first-order valence-corrected chi connectivity index (χ1v) is 5.76. The summed E-state index contributed by atoms with van der Waals surface area (Å²) in [5, 5.41) is 0. The lowest BCUT2D eigenvalue weighted by Crippen LogP contribution is -2.21. The summed E-state index contributed by atoms with van der Waals surface area (Å²) in [6.07, 6.45) is 0.957. The quantitative estimate of drug-likeness (QED) is 0.899. The molecular formula is C11H13BrFNO. The van der Waals surface area contributed by atoms with E-state index in [0.717, 1.165) is 18.6 Å². The van der Waals surface area contributed by atoms with Crippen LogP contribution < -0.4 is 5.73 Å². The fourth-order valence-corrected chi connectivity index (χ4v) is 2.07. The zero-order chi connectivity index (χ0) is 10.8. The number of hydrogen-bond acceptors (Lipinski definition) is 2. The number of halogens is 2. The normalized spacial score (nSPS) is 23.0. The molecule has 0 spiro atoms. The topological polar surface area (TPSA) is 35.2 Å². The van der Waals surface area contributed by atoms with Crippen molar-refractivity contribution >= 4 is 15.9 Å². The van der Waals surface area contributed by atoms with Crippen LogP contribution in [0.5, 0.6) is 0 Å². The second kappa shape index (κ2) is 4.60. The van der Waals surface area contributed by atoms with Crippen LogP contribution in [0.1, 0.15) is 18.0 Å². The molecule has 4 heteroatoms. The number of ether oxygens (including phenoxy) is 1. The van der Waals surface area contributed by atoms with Crippen molar-refractivity contribution in [3.8, 4) is 0 Å². The van der Waals surface area contributed by atoms with E-state index in [-0.39, 0.29) is 11.9 Å². The Balaban J connectivity index is 2.17. The molecule has 0 amide bonds. The first-order chi connectivity index (χ1) is 7.18. The number of benzene rings is 1. The summed E-state index contributed by atoms with van der Waals surface area (Å²) in [5.41, 5.74) is 6.90. The van der Waals surface area contributed by atoms with E-state index in [0.29, 0.717) is 17.0 Å². The van der Waals surface area contributed by atoms with Gasteiger partial charge in [0.1, 0.15) is 5.82 Å². The summed E-state index contributed by atoms with van der Waals surface area (Å²) in [7, 11) is 0. The minimum atomic E-state index is -0.262. The third-order valence-corrected chi connectivity index (χ3v) is 3.44. The standard InChI is InChI=1S/C11H13BrFNO/c12-9-2-1-7(5-10(9)13)11(14)8-3-4-15-6-8/h1-2,5,8,11H,3-4,6,14H2. The predicted octanol–water partition coefficient (Wildman–Crippen LogP) is 2.62. The highest BCUT2D eigenvalue weighted by Gasteiger charge is 2.24. The molecule has 2 unspecified atom stereocenters. The minimum absolute atomic E-state index is 0.130. The molecule has 1 heterocycles. The molecule has 2 rings (SSSR count). The number of nitrogens with two attached hydrogens (primary N) is 1. The molecule has 0 radical (unpaired) electrons. The first-order valence-electron chi connectivity index (χ1n) is 4.97. The van der Waals surface area contributed by atoms with Crippen LogP contribution in [0.25, 0.3) is 0 Å². The molecular weight excluding hydrogens is 261 g/mol. The highest BCUT2D eigenvalue weighted by Crippen LogP contribution is 2.28. The van der Waals surface area contributed by atoms with Gasteiger partial charge in [0.2, 0.25) is 0 Å². The van der Waals surface area contributed by atoms with Crippen molar-refractivity contribution in [3.63, 3.8) is 0 Å². The highest BCUT2D eigenvalue weighted by molar-refractivity contribution is 9.10. The average molecular weight is 274 g/mol. The smallest absolute Gasteiger partial charge is 0.137 e. The third kappa shape index (κ3) is 2.38. The van der Waals surface area contributed by atoms with Gasteiger partial charge in [-0.3, -0.25) is 0 Å². The molecule has 82 valence electrons. The van der Waals surface area contributed by atoms with Gasteiger partial charge >= 0.3 is 0 Å². The van der Waals surface area contributed by atoms with Crippen LogP contribution >= 0.6 is 15.9 Å². The summed E-state index contributed by atoms with van der Waals surface area (Å²) < 4.78 is 19.0. The Kier molecular flexibility index (Phi) is 3.38. The van der Waals surface area contributed by atoms with E-state index in [1.54, 1.807) is 6.07 Å². The van der Waals surface area contributed by atoms with Gasteiger partial charge in [0, 0.05) is 18.6 Å². The van der Waals surface area contributed by atoms with Crippen LogP contribution in [0.3, 0.4) is 0 Å². The van der Waals surface area contributed by atoms with Crippen LogP contribution in [0.15, 0.2) is 22.7 Å². The highest BCUT2D eigenvalue weighted by atomic mass is 79.9. The van der Waals surface area contributed by atoms with Crippen LogP contribution in [0.2, 0.25) is 0 Å². The van der Waals surface area contributed by atoms with E-state index < -0.39 is 0 Å². The van der Waals surface area contributed by atoms with Crippen molar-refractivity contribution in [1.82, 2.24) is 0 Å². The van der Waals surface area contributed by atoms with Gasteiger partial charge in [-0.2, -0.15) is 0 Å². The molecule has 1 fully saturated rings. The summed E-state index contributed by atoms with van der Waals surface area (Å²) >= 11 is 3.12. The second-order valence-corrected chi connectivity index (χ2v) is 4.68. The molecule has 0 saturated carbocycles. The molecule has 2 atom stereocenters. The van der Waals surface area contributed by atoms with Crippen molar-refractivity contribution in [3.05, 3.63) is 34.1 Å². The van der Waals surface area contributed by atoms with E-state index in [1.165, 1.54) is 6.07 Å². The van der Waals surface area contributed by atoms with Crippen molar-refractivity contribution < 1.29 is 9.13 Å². The van der Waals surface area contributed by atoms with Gasteiger partial charge in [0.25, 0.3) is 0 Å². The Morgan fingerprint density at radius 1 is 1.53 bits per heavy atom. The maximum atomic E-state index is 13.3. The maximum absolute atomic E-state index is 13.3. The molecule has 15 heavy (non-hydrogen) atoms. The lowest BCUT2D eigenvalue weighted by Gasteiger charge is -2.18. The predicted molar refractivity (Wildman–Crippen MR) is 60.0 cm³/mol. The Morgan fingerprint density at radius 2 is 2.33 bits per heavy atom. The molecule has 2 nitrogen and oxygen atoms in total. The van der Waals surface area contributed by atoms with E-state index in [1.807, 2.05) is 6.07 Å². The number of hydrogen-bond donors (Lipinski definition) is 1. The average Bonchev–Trinajstić information content (AvgIpc) is 2.74. The summed E-state index contributed by atoms with van der Waals surface area (Å²) in [6.45, 7) is 1.44. The van der Waals surface area contributed by atoms with Gasteiger partial charge in [-0.15, -0.1) is 0 Å². The Labute approximate surface area is 96.7 Å². The van der Waals surface area contributed by atoms with E-state index in [9.17, 15) is 4.39 Å². The van der Waals surface area contributed by atoms with Crippen molar-refractivity contribution in [2.75, 3.05) is 13.2 Å². The fourth-order valence-electron chi connectivity index (χ4n) is 1.83. The molecule has 1 saturated heterocycles. The Morgan fingerprint density at radius 3 is 2.93 bits per heavy atom. The zero-order valence-corrected chi connectivity index (χ0v) is 9.84. The van der Waals surface area contributed by atoms with Crippen LogP contribution in [0.4, 0.5) is 4.39 Å². The van der Waals surface area contributed by atoms with Crippen LogP contribution in [0, 0.1) is 11.7 Å². The van der Waals surface area contributed by atoms with E-state index >= 15 is 0 Å². The molecule has 0 aliphatic carbocycles. The molecule has 2 N–H and O–H groups in total. The third-order valence-electron chi connectivity index (χ3n) is 2.80. The summed E-state index contributed by atoms with van der Waals surface area (Å²) in [6, 6.07) is 4.92. The van der Waals surface area contributed by atoms with Gasteiger partial charge in [-0.05, 0) is 40.0 Å². The minimum Gasteiger partial charge on any atom is -0.381 e. The van der Waals surface area contributed by atoms with Gasteiger partial charge in [0.05, 0.1) is 11.1 Å². The first kappa shape index (κ1) is 11.0. The summed E-state index contributed by atoms with van der Waals surface area (Å²) in [5.74, 6) is 0.0486. The molecule has 0 bridgehead atoms. The monoisotopic (exact) mass is 273 g/mol. The van der Waals surface area contributed by atoms with Crippen molar-refractivity contribution in [2.45, 2.75) is 12.5 Å². The van der Waals surface area contributed by atoms with Gasteiger partial charge < -0.3 is 10.5 Å². The Hall–Kier alpha value is -0.450. The molecule has 1 aliphatic heterocycles. The SMILES string of the molecule is NC(c1ccc(Br)c(F)c1)C1CCOC1. The van der Waals surface area contributed by atoms with Crippen molar-refractivity contribution in [2.24, 2.45) is 11.7 Å². The van der Waals surface area contributed by atoms with Gasteiger partial charge in [0.15, 0.2) is 0 Å². The van der Waals surface area contributed by atoms with Crippen LogP contribution in [-0.4, -0.2) is 13.2 Å². The molecule has 1 aromatic rings. The zero-order valence-electron chi connectivity index (χ0n) is 8.25. The number of rotatable bonds is 2. The molecule has 1 aromatic carbocycles. The fraction of sp³-hybridized carbons (Fsp3) is 0.455. The lowest BCUT2D eigenvalue weighted by molar-refractivity contribution is 0.181. The largest absolute Gasteiger partial charge is 0.381 e. The van der Waals surface area contributed by atoms with Crippen LogP contribution in [-0.2, 0) is 4.74 Å².